The highest BCUT2D eigenvalue weighted by molar-refractivity contribution is 6.30. The summed E-state index contributed by atoms with van der Waals surface area (Å²) in [7, 11) is 0. The van der Waals surface area contributed by atoms with Gasteiger partial charge in [0.15, 0.2) is 0 Å². The van der Waals surface area contributed by atoms with Gasteiger partial charge >= 0.3 is 6.03 Å². The van der Waals surface area contributed by atoms with Gasteiger partial charge in [-0.25, -0.2) is 4.79 Å². The lowest BCUT2D eigenvalue weighted by atomic mass is 9.85. The Balaban J connectivity index is 1.69. The fraction of sp³-hybridized carbons (Fsp3) is 0.579. The van der Waals surface area contributed by atoms with Crippen LogP contribution in [0.4, 0.5) is 4.79 Å². The van der Waals surface area contributed by atoms with Crippen LogP contribution in [0.1, 0.15) is 45.1 Å². The molecule has 1 aliphatic heterocycles. The number of halogens is 1. The van der Waals surface area contributed by atoms with Gasteiger partial charge < -0.3 is 15.5 Å². The minimum Gasteiger partial charge on any atom is -0.343 e. The van der Waals surface area contributed by atoms with Crippen LogP contribution < -0.4 is 10.6 Å². The van der Waals surface area contributed by atoms with E-state index in [0.717, 1.165) is 31.5 Å². The molecule has 5 nitrogen and oxygen atoms in total. The molecule has 1 fully saturated rings. The van der Waals surface area contributed by atoms with Crippen molar-refractivity contribution in [2.75, 3.05) is 26.2 Å². The van der Waals surface area contributed by atoms with Crippen molar-refractivity contribution in [3.05, 3.63) is 34.9 Å². The first kappa shape index (κ1) is 19.6. The zero-order chi connectivity index (χ0) is 18.3. The van der Waals surface area contributed by atoms with Crippen molar-refractivity contribution in [3.63, 3.8) is 0 Å². The monoisotopic (exact) mass is 365 g/mol. The second kappa shape index (κ2) is 9.09. The van der Waals surface area contributed by atoms with Crippen LogP contribution in [0.5, 0.6) is 0 Å². The van der Waals surface area contributed by atoms with E-state index in [1.165, 1.54) is 6.42 Å². The Hall–Kier alpha value is -1.75. The normalized spacial score (nSPS) is 14.9. The van der Waals surface area contributed by atoms with Gasteiger partial charge in [0, 0.05) is 43.0 Å². The number of benzene rings is 1. The van der Waals surface area contributed by atoms with Crippen LogP contribution in [-0.4, -0.2) is 43.0 Å². The van der Waals surface area contributed by atoms with Crippen LogP contribution in [-0.2, 0) is 10.2 Å². The predicted octanol–water partition coefficient (Wildman–Crippen LogP) is 3.32. The van der Waals surface area contributed by atoms with E-state index in [1.807, 2.05) is 29.2 Å². The Kier molecular flexibility index (Phi) is 7.12. The summed E-state index contributed by atoms with van der Waals surface area (Å²) in [6, 6.07) is 7.40. The minimum absolute atomic E-state index is 0.126. The largest absolute Gasteiger partial charge is 0.343 e. The number of rotatable bonds is 6. The van der Waals surface area contributed by atoms with Crippen molar-refractivity contribution in [2.24, 2.45) is 0 Å². The molecule has 2 N–H and O–H groups in total. The summed E-state index contributed by atoms with van der Waals surface area (Å²) in [5.74, 6) is 0.126. The molecule has 1 heterocycles. The third kappa shape index (κ3) is 6.24. The van der Waals surface area contributed by atoms with Gasteiger partial charge in [0.05, 0.1) is 0 Å². The number of likely N-dealkylation sites (tertiary alicyclic amines) is 1. The molecule has 2 rings (SSSR count). The SMILES string of the molecule is CC(C)(CNC(=O)NCCC(=O)N1CCCCC1)c1ccc(Cl)cc1. The molecule has 6 heteroatoms. The van der Waals surface area contributed by atoms with Gasteiger partial charge in [-0.3, -0.25) is 4.79 Å². The Bertz CT molecular complexity index is 581. The zero-order valence-corrected chi connectivity index (χ0v) is 15.9. The Labute approximate surface area is 155 Å². The standard InChI is InChI=1S/C19H28ClN3O2/c1-19(2,15-6-8-16(20)9-7-15)14-22-18(25)21-11-10-17(24)23-12-4-3-5-13-23/h6-9H,3-5,10-14H2,1-2H3,(H2,21,22,25). The van der Waals surface area contributed by atoms with Gasteiger partial charge in [0.25, 0.3) is 0 Å². The van der Waals surface area contributed by atoms with E-state index in [9.17, 15) is 9.59 Å². The zero-order valence-electron chi connectivity index (χ0n) is 15.1. The van der Waals surface area contributed by atoms with Crippen molar-refractivity contribution in [1.82, 2.24) is 15.5 Å². The fourth-order valence-electron chi connectivity index (χ4n) is 2.95. The van der Waals surface area contributed by atoms with Crippen LogP contribution in [0.2, 0.25) is 5.02 Å². The third-order valence-electron chi connectivity index (χ3n) is 4.65. The number of hydrogen-bond donors (Lipinski definition) is 2. The highest BCUT2D eigenvalue weighted by Gasteiger charge is 2.21. The van der Waals surface area contributed by atoms with E-state index >= 15 is 0 Å². The molecule has 25 heavy (non-hydrogen) atoms. The quantitative estimate of drug-likeness (QED) is 0.812. The Morgan fingerprint density at radius 1 is 1.08 bits per heavy atom. The number of amides is 3. The van der Waals surface area contributed by atoms with Gasteiger partial charge in [0.2, 0.25) is 5.91 Å². The molecular formula is C19H28ClN3O2. The van der Waals surface area contributed by atoms with Crippen molar-refractivity contribution < 1.29 is 9.59 Å². The first-order valence-corrected chi connectivity index (χ1v) is 9.32. The molecule has 0 radical (unpaired) electrons. The first-order chi connectivity index (χ1) is 11.9. The maximum absolute atomic E-state index is 12.1. The van der Waals surface area contributed by atoms with Gasteiger partial charge in [-0.1, -0.05) is 37.6 Å². The van der Waals surface area contributed by atoms with Crippen LogP contribution in [0.15, 0.2) is 24.3 Å². The Morgan fingerprint density at radius 2 is 1.72 bits per heavy atom. The summed E-state index contributed by atoms with van der Waals surface area (Å²) < 4.78 is 0. The topological polar surface area (TPSA) is 61.4 Å². The first-order valence-electron chi connectivity index (χ1n) is 8.94. The molecule has 0 unspecified atom stereocenters. The molecule has 1 aliphatic rings. The van der Waals surface area contributed by atoms with Crippen molar-refractivity contribution in [1.29, 1.82) is 0 Å². The molecule has 1 aromatic carbocycles. The lowest BCUT2D eigenvalue weighted by Crippen LogP contribution is -2.43. The molecule has 0 bridgehead atoms. The number of nitrogens with one attached hydrogen (secondary N) is 2. The van der Waals surface area contributed by atoms with E-state index in [1.54, 1.807) is 0 Å². The molecule has 0 spiro atoms. The van der Waals surface area contributed by atoms with Crippen LogP contribution in [0.25, 0.3) is 0 Å². The van der Waals surface area contributed by atoms with E-state index in [0.29, 0.717) is 24.5 Å². The number of urea groups is 1. The average Bonchev–Trinajstić information content (AvgIpc) is 2.61. The number of nitrogens with zero attached hydrogens (tertiary/aromatic N) is 1. The molecular weight excluding hydrogens is 338 g/mol. The van der Waals surface area contributed by atoms with E-state index in [4.69, 9.17) is 11.6 Å². The number of carbonyl (C=O) groups excluding carboxylic acids is 2. The number of carbonyl (C=O) groups is 2. The second-order valence-corrected chi connectivity index (χ2v) is 7.63. The number of piperidine rings is 1. The molecule has 138 valence electrons. The summed E-state index contributed by atoms with van der Waals surface area (Å²) in [6.07, 6.45) is 3.72. The average molecular weight is 366 g/mol. The molecule has 0 saturated carbocycles. The highest BCUT2D eigenvalue weighted by Crippen LogP contribution is 2.23. The van der Waals surface area contributed by atoms with Gasteiger partial charge in [-0.2, -0.15) is 0 Å². The molecule has 0 aromatic heterocycles. The molecule has 0 atom stereocenters. The summed E-state index contributed by atoms with van der Waals surface area (Å²) in [4.78, 5) is 25.9. The lowest BCUT2D eigenvalue weighted by molar-refractivity contribution is -0.131. The van der Waals surface area contributed by atoms with Crippen LogP contribution >= 0.6 is 11.6 Å². The van der Waals surface area contributed by atoms with Crippen LogP contribution in [0.3, 0.4) is 0 Å². The summed E-state index contributed by atoms with van der Waals surface area (Å²) in [5, 5.41) is 6.35. The molecule has 0 aliphatic carbocycles. The highest BCUT2D eigenvalue weighted by atomic mass is 35.5. The van der Waals surface area contributed by atoms with Crippen molar-refractivity contribution in [3.8, 4) is 0 Å². The van der Waals surface area contributed by atoms with Crippen molar-refractivity contribution in [2.45, 2.75) is 44.9 Å². The molecule has 1 aromatic rings. The van der Waals surface area contributed by atoms with Crippen molar-refractivity contribution >= 4 is 23.5 Å². The Morgan fingerprint density at radius 3 is 2.36 bits per heavy atom. The lowest BCUT2D eigenvalue weighted by Gasteiger charge is -2.27. The van der Waals surface area contributed by atoms with Gasteiger partial charge in [0.1, 0.15) is 0 Å². The van der Waals surface area contributed by atoms with E-state index < -0.39 is 0 Å². The summed E-state index contributed by atoms with van der Waals surface area (Å²) in [6.45, 7) is 6.69. The van der Waals surface area contributed by atoms with Gasteiger partial charge in [-0.05, 0) is 37.0 Å². The predicted molar refractivity (Wildman–Crippen MR) is 101 cm³/mol. The van der Waals surface area contributed by atoms with Crippen LogP contribution in [0, 0.1) is 0 Å². The maximum atomic E-state index is 12.1. The third-order valence-corrected chi connectivity index (χ3v) is 4.90. The second-order valence-electron chi connectivity index (χ2n) is 7.19. The summed E-state index contributed by atoms with van der Waals surface area (Å²) >= 11 is 5.92. The smallest absolute Gasteiger partial charge is 0.314 e. The molecule has 1 saturated heterocycles. The number of hydrogen-bond acceptors (Lipinski definition) is 2. The molecule has 3 amide bonds. The maximum Gasteiger partial charge on any atom is 0.314 e. The van der Waals surface area contributed by atoms with Gasteiger partial charge in [-0.15, -0.1) is 0 Å². The van der Waals surface area contributed by atoms with E-state index in [2.05, 4.69) is 24.5 Å². The fourth-order valence-corrected chi connectivity index (χ4v) is 3.08. The summed E-state index contributed by atoms with van der Waals surface area (Å²) in [5.41, 5.74) is 0.906. The van der Waals surface area contributed by atoms with E-state index in [-0.39, 0.29) is 17.4 Å². The minimum atomic E-state index is -0.242.